The van der Waals surface area contributed by atoms with E-state index in [4.69, 9.17) is 9.47 Å². The summed E-state index contributed by atoms with van der Waals surface area (Å²) in [7, 11) is 0. The molecule has 4 atom stereocenters. The Morgan fingerprint density at radius 3 is 1.96 bits per heavy atom. The first-order valence-corrected chi connectivity index (χ1v) is 16.7. The van der Waals surface area contributed by atoms with E-state index in [1.54, 1.807) is 6.92 Å². The van der Waals surface area contributed by atoms with Crippen molar-refractivity contribution in [2.75, 3.05) is 6.61 Å². The van der Waals surface area contributed by atoms with Crippen molar-refractivity contribution < 1.29 is 48.4 Å². The first kappa shape index (κ1) is 42.2. The Labute approximate surface area is 300 Å². The van der Waals surface area contributed by atoms with E-state index in [0.29, 0.717) is 5.57 Å². The van der Waals surface area contributed by atoms with Crippen LogP contribution in [0.4, 0.5) is 0 Å². The minimum Gasteiger partial charge on any atom is -0.463 e. The number of hydrogen-bond donors (Lipinski definition) is 2. The minimum absolute atomic E-state index is 0.252. The number of carbonyl (C=O) groups excluding carboxylic acids is 5. The third kappa shape index (κ3) is 13.7. The van der Waals surface area contributed by atoms with Crippen molar-refractivity contribution in [1.82, 2.24) is 0 Å². The van der Waals surface area contributed by atoms with Gasteiger partial charge in [-0.15, -0.1) is 0 Å². The maximum atomic E-state index is 13.2. The van der Waals surface area contributed by atoms with Gasteiger partial charge in [0.2, 0.25) is 11.9 Å². The molecule has 0 amide bonds. The number of esters is 3. The van der Waals surface area contributed by atoms with E-state index in [2.05, 4.69) is 11.3 Å². The van der Waals surface area contributed by atoms with Gasteiger partial charge >= 0.3 is 17.9 Å². The van der Waals surface area contributed by atoms with Gasteiger partial charge in [0.1, 0.15) is 12.7 Å². The monoisotopic (exact) mass is 702 g/mol. The molecule has 10 heteroatoms. The van der Waals surface area contributed by atoms with Gasteiger partial charge in [0.15, 0.2) is 18.0 Å². The number of hydrogen-bond acceptors (Lipinski definition) is 10. The third-order valence-corrected chi connectivity index (χ3v) is 8.18. The summed E-state index contributed by atoms with van der Waals surface area (Å²) in [6.45, 7) is 16.7. The molecule has 0 bridgehead atoms. The highest BCUT2D eigenvalue weighted by atomic mass is 16.6. The van der Waals surface area contributed by atoms with Crippen LogP contribution in [0.2, 0.25) is 0 Å². The van der Waals surface area contributed by atoms with E-state index in [1.807, 2.05) is 121 Å². The smallest absolute Gasteiger partial charge is 0.343 e. The zero-order valence-electron chi connectivity index (χ0n) is 30.5. The molecule has 1 saturated heterocycles. The number of rotatable bonds is 16. The Morgan fingerprint density at radius 1 is 0.882 bits per heavy atom. The first-order chi connectivity index (χ1) is 24.0. The lowest BCUT2D eigenvalue weighted by molar-refractivity contribution is -0.160. The number of allylic oxidation sites excluding steroid dienone is 18. The molecular weight excluding hydrogens is 652 g/mol. The summed E-state index contributed by atoms with van der Waals surface area (Å²) >= 11 is 0. The van der Waals surface area contributed by atoms with Gasteiger partial charge in [0.25, 0.3) is 0 Å². The number of ether oxygens (including phenoxy) is 3. The standard InChI is InChI=1S/C41H50O10/c1-9-26(2)16-12-17-27(3)14-10-11-15-28(4)18-13-19-29(5)20-21-31-30(6)36(45)33(24-41(31,7)8)50-35(44)23-22-34(43)49-25-32(42)39-37(46)38(47)40(48)51-39/h9-21,32-33,38-39,42,47H,1,22-25H2,2-8H3/t32-,33?,38?,39+/m0/s1. The number of ketones is 2. The fraction of sp³-hybridized carbons (Fsp3) is 0.390. The normalized spacial score (nSPS) is 22.8. The fourth-order valence-electron chi connectivity index (χ4n) is 5.11. The first-order valence-electron chi connectivity index (χ1n) is 16.7. The molecule has 1 aliphatic carbocycles. The van der Waals surface area contributed by atoms with Crippen LogP contribution in [-0.4, -0.2) is 70.7 Å². The molecule has 0 spiro atoms. The molecule has 2 unspecified atom stereocenters. The number of cyclic esters (lactones) is 1. The zero-order valence-corrected chi connectivity index (χ0v) is 30.5. The Bertz CT molecular complexity index is 1640. The maximum absolute atomic E-state index is 13.2. The van der Waals surface area contributed by atoms with Crippen molar-refractivity contribution in [3.63, 3.8) is 0 Å². The summed E-state index contributed by atoms with van der Waals surface area (Å²) in [5.74, 6) is -4.19. The molecule has 0 aromatic heterocycles. The molecule has 0 saturated carbocycles. The third-order valence-electron chi connectivity index (χ3n) is 8.18. The van der Waals surface area contributed by atoms with Gasteiger partial charge in [0.05, 0.1) is 12.8 Å². The summed E-state index contributed by atoms with van der Waals surface area (Å²) in [4.78, 5) is 60.8. The Balaban J connectivity index is 1.90. The molecular formula is C41H50O10. The second-order valence-electron chi connectivity index (χ2n) is 13.2. The maximum Gasteiger partial charge on any atom is 0.343 e. The Morgan fingerprint density at radius 2 is 1.41 bits per heavy atom. The quantitative estimate of drug-likeness (QED) is 0.0854. The highest BCUT2D eigenvalue weighted by Gasteiger charge is 2.46. The molecule has 2 N–H and O–H groups in total. The van der Waals surface area contributed by atoms with Crippen molar-refractivity contribution in [3.05, 3.63) is 119 Å². The largest absolute Gasteiger partial charge is 0.463 e. The molecule has 51 heavy (non-hydrogen) atoms. The molecule has 0 aromatic rings. The van der Waals surface area contributed by atoms with E-state index in [1.165, 1.54) is 0 Å². The average Bonchev–Trinajstić information content (AvgIpc) is 3.33. The van der Waals surface area contributed by atoms with Gasteiger partial charge in [-0.25, -0.2) is 4.79 Å². The van der Waals surface area contributed by atoms with Gasteiger partial charge in [-0.2, -0.15) is 0 Å². The topological polar surface area (TPSA) is 154 Å². The van der Waals surface area contributed by atoms with E-state index < -0.39 is 66.5 Å². The Hall–Kier alpha value is -4.93. The van der Waals surface area contributed by atoms with Gasteiger partial charge in [0, 0.05) is 6.42 Å². The number of carbonyl (C=O) groups is 5. The molecule has 0 radical (unpaired) electrons. The molecule has 274 valence electrons. The molecule has 1 heterocycles. The van der Waals surface area contributed by atoms with Crippen LogP contribution in [-0.2, 0) is 38.2 Å². The van der Waals surface area contributed by atoms with Gasteiger partial charge in [-0.1, -0.05) is 122 Å². The summed E-state index contributed by atoms with van der Waals surface area (Å²) < 4.78 is 14.9. The molecule has 2 rings (SSSR count). The van der Waals surface area contributed by atoms with Crippen LogP contribution in [0.15, 0.2) is 119 Å². The lowest BCUT2D eigenvalue weighted by atomic mass is 9.71. The van der Waals surface area contributed by atoms with Crippen LogP contribution in [0.25, 0.3) is 0 Å². The highest BCUT2D eigenvalue weighted by Crippen LogP contribution is 2.41. The lowest BCUT2D eigenvalue weighted by Gasteiger charge is -2.36. The van der Waals surface area contributed by atoms with E-state index in [-0.39, 0.29) is 18.6 Å². The molecule has 1 fully saturated rings. The van der Waals surface area contributed by atoms with Crippen molar-refractivity contribution in [2.45, 2.75) is 92.1 Å². The molecule has 0 aromatic carbocycles. The van der Waals surface area contributed by atoms with Gasteiger partial charge in [-0.3, -0.25) is 19.2 Å². The number of aliphatic hydroxyl groups excluding tert-OH is 2. The predicted molar refractivity (Wildman–Crippen MR) is 195 cm³/mol. The number of aliphatic hydroxyl groups is 2. The molecule has 10 nitrogen and oxygen atoms in total. The summed E-state index contributed by atoms with van der Waals surface area (Å²) in [6.07, 6.45) is 18.8. The zero-order chi connectivity index (χ0) is 38.3. The summed E-state index contributed by atoms with van der Waals surface area (Å²) in [5, 5.41) is 19.3. The van der Waals surface area contributed by atoms with Crippen LogP contribution >= 0.6 is 0 Å². The van der Waals surface area contributed by atoms with Crippen molar-refractivity contribution in [1.29, 1.82) is 0 Å². The van der Waals surface area contributed by atoms with E-state index in [0.717, 1.165) is 27.9 Å². The lowest BCUT2D eigenvalue weighted by Crippen LogP contribution is -2.39. The van der Waals surface area contributed by atoms with Gasteiger partial charge < -0.3 is 24.4 Å². The van der Waals surface area contributed by atoms with Crippen LogP contribution in [0.5, 0.6) is 0 Å². The highest BCUT2D eigenvalue weighted by molar-refractivity contribution is 6.09. The average molecular weight is 703 g/mol. The fourth-order valence-corrected chi connectivity index (χ4v) is 5.11. The van der Waals surface area contributed by atoms with Crippen molar-refractivity contribution >= 4 is 29.5 Å². The second kappa shape index (κ2) is 20.1. The molecule has 1 aliphatic heterocycles. The van der Waals surface area contributed by atoms with Gasteiger partial charge in [-0.05, 0) is 51.2 Å². The SMILES string of the molecule is C=CC(C)=CC=CC(C)=CC=CC=C(C)C=CC=C(C)C=CC1=C(C)C(=O)C(OC(=O)CCC(=O)OC[C@H](O)[C@H]2OC(=O)C(O)C2=O)CC1(C)C. The van der Waals surface area contributed by atoms with Crippen molar-refractivity contribution in [2.24, 2.45) is 5.41 Å². The minimum atomic E-state index is -1.99. The van der Waals surface area contributed by atoms with Crippen LogP contribution in [0.3, 0.4) is 0 Å². The second-order valence-corrected chi connectivity index (χ2v) is 13.2. The van der Waals surface area contributed by atoms with Crippen LogP contribution in [0, 0.1) is 5.41 Å². The van der Waals surface area contributed by atoms with Crippen LogP contribution in [0.1, 0.15) is 67.7 Å². The Kier molecular flexibility index (Phi) is 16.6. The summed E-state index contributed by atoms with van der Waals surface area (Å²) in [5.41, 5.74) is 5.11. The van der Waals surface area contributed by atoms with Crippen LogP contribution < -0.4 is 0 Å². The van der Waals surface area contributed by atoms with E-state index in [9.17, 15) is 34.2 Å². The predicted octanol–water partition coefficient (Wildman–Crippen LogP) is 5.95. The molecule has 2 aliphatic rings. The summed E-state index contributed by atoms with van der Waals surface area (Å²) in [6, 6.07) is 0. The number of Topliss-reactive ketones (excluding diaryl/α,β-unsaturated/α-hetero) is 2. The van der Waals surface area contributed by atoms with Crippen molar-refractivity contribution in [3.8, 4) is 0 Å². The van der Waals surface area contributed by atoms with E-state index >= 15 is 0 Å².